The zero-order chi connectivity index (χ0) is 34.2. The van der Waals surface area contributed by atoms with Crippen LogP contribution < -0.4 is 5.32 Å². The van der Waals surface area contributed by atoms with Crippen molar-refractivity contribution < 1.29 is 14.4 Å². The predicted octanol–water partition coefficient (Wildman–Crippen LogP) is 8.25. The predicted molar refractivity (Wildman–Crippen MR) is 199 cm³/mol. The number of hydrogen-bond acceptors (Lipinski definition) is 4. The highest BCUT2D eigenvalue weighted by molar-refractivity contribution is 9.10. The van der Waals surface area contributed by atoms with Gasteiger partial charge in [0.15, 0.2) is 5.17 Å². The van der Waals surface area contributed by atoms with Crippen molar-refractivity contribution in [3.63, 3.8) is 0 Å². The molecule has 4 aromatic rings. The Morgan fingerprint density at radius 2 is 1.65 bits per heavy atom. The minimum Gasteiger partial charge on any atom is -0.344 e. The van der Waals surface area contributed by atoms with E-state index in [1.165, 1.54) is 4.90 Å². The van der Waals surface area contributed by atoms with Crippen molar-refractivity contribution >= 4 is 56.7 Å². The van der Waals surface area contributed by atoms with Crippen LogP contribution in [0.1, 0.15) is 41.0 Å². The molecule has 3 aromatic carbocycles. The average molecular weight is 720 g/mol. The minimum absolute atomic E-state index is 0.0684. The SMILES string of the molecule is C=C/C=C\C(=C/C)N1C(=O)/C(=C/c2cc(C)n(-c3cccc(Br)c3)c2C)C(=O)N=C1SCC(=O)NC(c1ccccc1)c1ccccc1. The maximum atomic E-state index is 14.2. The monoisotopic (exact) mass is 718 g/mol. The first-order valence-electron chi connectivity index (χ1n) is 15.3. The van der Waals surface area contributed by atoms with Gasteiger partial charge in [0.2, 0.25) is 5.91 Å². The Morgan fingerprint density at radius 1 is 0.979 bits per heavy atom. The number of benzene rings is 3. The molecule has 48 heavy (non-hydrogen) atoms. The molecule has 0 unspecified atom stereocenters. The maximum Gasteiger partial charge on any atom is 0.285 e. The van der Waals surface area contributed by atoms with Gasteiger partial charge in [-0.1, -0.05) is 119 Å². The number of halogens is 1. The third kappa shape index (κ3) is 7.75. The number of rotatable bonds is 10. The largest absolute Gasteiger partial charge is 0.344 e. The summed E-state index contributed by atoms with van der Waals surface area (Å²) >= 11 is 4.57. The zero-order valence-corrected chi connectivity index (χ0v) is 29.3. The summed E-state index contributed by atoms with van der Waals surface area (Å²) in [6, 6.07) is 28.9. The van der Waals surface area contributed by atoms with Crippen molar-refractivity contribution in [2.45, 2.75) is 26.8 Å². The fraction of sp³-hybridized carbons (Fsp3) is 0.128. The molecule has 7 nitrogen and oxygen atoms in total. The van der Waals surface area contributed by atoms with Gasteiger partial charge in [-0.2, -0.15) is 4.99 Å². The minimum atomic E-state index is -0.666. The van der Waals surface area contributed by atoms with Crippen LogP contribution >= 0.6 is 27.7 Å². The van der Waals surface area contributed by atoms with Gasteiger partial charge in [0.05, 0.1) is 11.8 Å². The number of amidine groups is 1. The van der Waals surface area contributed by atoms with E-state index in [9.17, 15) is 14.4 Å². The normalized spacial score (nSPS) is 14.6. The first-order valence-corrected chi connectivity index (χ1v) is 17.1. The lowest BCUT2D eigenvalue weighted by Crippen LogP contribution is -2.42. The van der Waals surface area contributed by atoms with Crippen molar-refractivity contribution in [2.24, 2.45) is 4.99 Å². The number of allylic oxidation sites excluding steroid dienone is 4. The number of carbonyl (C=O) groups excluding carboxylic acids is 3. The standard InChI is InChI=1S/C39H35BrN4O3S/c1-5-7-20-32(6-2)44-38(47)34(23-30-22-26(3)43(27(30)4)33-21-14-19-31(40)24-33)37(46)42-39(44)48-25-35(45)41-36(28-15-10-8-11-16-28)29-17-12-9-13-18-29/h5-24,36H,1,25H2,2-4H3,(H,41,45)/b20-7-,32-6+,34-23+. The third-order valence-corrected chi connectivity index (χ3v) is 9.18. The van der Waals surface area contributed by atoms with Crippen LogP contribution in [0.25, 0.3) is 11.8 Å². The Kier molecular flexibility index (Phi) is 11.3. The van der Waals surface area contributed by atoms with E-state index in [4.69, 9.17) is 0 Å². The molecule has 1 aliphatic rings. The fourth-order valence-electron chi connectivity index (χ4n) is 5.49. The molecule has 0 spiro atoms. The molecule has 0 bridgehead atoms. The molecule has 0 fully saturated rings. The molecule has 9 heteroatoms. The second kappa shape index (κ2) is 15.7. The number of nitrogens with one attached hydrogen (secondary N) is 1. The topological polar surface area (TPSA) is 83.8 Å². The van der Waals surface area contributed by atoms with Crippen LogP contribution in [0.3, 0.4) is 0 Å². The van der Waals surface area contributed by atoms with E-state index in [1.54, 1.807) is 37.3 Å². The summed E-state index contributed by atoms with van der Waals surface area (Å²) in [7, 11) is 0. The number of aromatic nitrogens is 1. The van der Waals surface area contributed by atoms with Crippen LogP contribution in [0.2, 0.25) is 0 Å². The van der Waals surface area contributed by atoms with Gasteiger partial charge in [0, 0.05) is 27.2 Å². The van der Waals surface area contributed by atoms with E-state index >= 15 is 0 Å². The number of aliphatic imine (C=N–C) groups is 1. The van der Waals surface area contributed by atoms with Gasteiger partial charge >= 0.3 is 0 Å². The Balaban J connectivity index is 1.45. The van der Waals surface area contributed by atoms with Crippen molar-refractivity contribution in [1.82, 2.24) is 14.8 Å². The number of aryl methyl sites for hydroxylation is 1. The van der Waals surface area contributed by atoms with Crippen LogP contribution in [0.5, 0.6) is 0 Å². The second-order valence-corrected chi connectivity index (χ2v) is 12.8. The molecule has 1 aromatic heterocycles. The van der Waals surface area contributed by atoms with Crippen LogP contribution in [0.4, 0.5) is 0 Å². The van der Waals surface area contributed by atoms with Crippen molar-refractivity contribution in [3.8, 4) is 5.69 Å². The van der Waals surface area contributed by atoms with E-state index in [0.717, 1.165) is 50.0 Å². The van der Waals surface area contributed by atoms with Crippen molar-refractivity contribution in [1.29, 1.82) is 0 Å². The van der Waals surface area contributed by atoms with Gasteiger partial charge < -0.3 is 9.88 Å². The summed E-state index contributed by atoms with van der Waals surface area (Å²) in [5.74, 6) is -1.54. The summed E-state index contributed by atoms with van der Waals surface area (Å²) < 4.78 is 3.01. The lowest BCUT2D eigenvalue weighted by Gasteiger charge is -2.28. The first kappa shape index (κ1) is 34.3. The van der Waals surface area contributed by atoms with Gasteiger partial charge in [0.1, 0.15) is 5.57 Å². The van der Waals surface area contributed by atoms with Crippen LogP contribution in [0.15, 0.2) is 143 Å². The number of carbonyl (C=O) groups is 3. The molecular weight excluding hydrogens is 684 g/mol. The summed E-state index contributed by atoms with van der Waals surface area (Å²) in [5, 5.41) is 3.23. The molecule has 242 valence electrons. The molecule has 0 atom stereocenters. The number of hydrogen-bond donors (Lipinski definition) is 1. The highest BCUT2D eigenvalue weighted by Crippen LogP contribution is 2.29. The van der Waals surface area contributed by atoms with Gasteiger partial charge in [0.25, 0.3) is 11.8 Å². The lowest BCUT2D eigenvalue weighted by molar-refractivity contribution is -0.126. The van der Waals surface area contributed by atoms with Gasteiger partial charge in [-0.3, -0.25) is 19.3 Å². The summed E-state index contributed by atoms with van der Waals surface area (Å²) in [6.07, 6.45) is 8.37. The molecule has 0 saturated heterocycles. The molecule has 0 radical (unpaired) electrons. The van der Waals surface area contributed by atoms with E-state index in [0.29, 0.717) is 5.70 Å². The van der Waals surface area contributed by atoms with E-state index in [1.807, 2.05) is 105 Å². The zero-order valence-electron chi connectivity index (χ0n) is 26.9. The Labute approximate surface area is 293 Å². The molecule has 0 aliphatic carbocycles. The number of nitrogens with zero attached hydrogens (tertiary/aromatic N) is 3. The highest BCUT2D eigenvalue weighted by Gasteiger charge is 2.35. The molecular formula is C39H35BrN4O3S. The molecule has 5 rings (SSSR count). The summed E-state index contributed by atoms with van der Waals surface area (Å²) in [4.78, 5) is 46.8. The molecule has 1 N–H and O–H groups in total. The van der Waals surface area contributed by atoms with Crippen molar-refractivity contribution in [3.05, 3.63) is 166 Å². The van der Waals surface area contributed by atoms with Gasteiger partial charge in [-0.05, 0) is 73.9 Å². The van der Waals surface area contributed by atoms with Crippen molar-refractivity contribution in [2.75, 3.05) is 5.75 Å². The molecule has 0 saturated carbocycles. The second-order valence-electron chi connectivity index (χ2n) is 11.0. The van der Waals surface area contributed by atoms with Crippen LogP contribution in [-0.2, 0) is 14.4 Å². The fourth-order valence-corrected chi connectivity index (χ4v) is 6.69. The van der Waals surface area contributed by atoms with E-state index < -0.39 is 11.8 Å². The molecule has 2 heterocycles. The van der Waals surface area contributed by atoms with E-state index in [2.05, 4.69) is 37.4 Å². The number of thioether (sulfide) groups is 1. The molecule has 1 aliphatic heterocycles. The molecule has 3 amide bonds. The Bertz CT molecular complexity index is 1940. The third-order valence-electron chi connectivity index (χ3n) is 7.75. The highest BCUT2D eigenvalue weighted by atomic mass is 79.9. The smallest absolute Gasteiger partial charge is 0.285 e. The van der Waals surface area contributed by atoms with Crippen LogP contribution in [-0.4, -0.2) is 38.1 Å². The number of amides is 3. The Morgan fingerprint density at radius 3 is 2.25 bits per heavy atom. The average Bonchev–Trinajstić information content (AvgIpc) is 3.38. The summed E-state index contributed by atoms with van der Waals surface area (Å²) in [5.41, 5.74) is 5.79. The van der Waals surface area contributed by atoms with Gasteiger partial charge in [-0.25, -0.2) is 0 Å². The summed E-state index contributed by atoms with van der Waals surface area (Å²) in [6.45, 7) is 9.46. The Hall–Kier alpha value is -4.99. The maximum absolute atomic E-state index is 14.2. The van der Waals surface area contributed by atoms with Crippen LogP contribution in [0, 0.1) is 13.8 Å². The lowest BCUT2D eigenvalue weighted by atomic mass is 9.99. The first-order chi connectivity index (χ1) is 23.2. The van der Waals surface area contributed by atoms with Gasteiger partial charge in [-0.15, -0.1) is 0 Å². The van der Waals surface area contributed by atoms with E-state index in [-0.39, 0.29) is 28.4 Å². The quantitative estimate of drug-likeness (QED) is 0.102.